The number of aromatic nitrogens is 2. The Morgan fingerprint density at radius 2 is 1.42 bits per heavy atom. The smallest absolute Gasteiger partial charge is 0.256 e. The first-order valence-corrected chi connectivity index (χ1v) is 10.8. The van der Waals surface area contributed by atoms with E-state index < -0.39 is 0 Å². The monoisotopic (exact) mass is 466 g/mol. The van der Waals surface area contributed by atoms with E-state index >= 15 is 0 Å². The van der Waals surface area contributed by atoms with E-state index in [1.54, 1.807) is 0 Å². The molecule has 0 aliphatic rings. The van der Waals surface area contributed by atoms with Gasteiger partial charge in [-0.3, -0.25) is 4.79 Å². The Hall–Kier alpha value is -3.50. The van der Waals surface area contributed by atoms with E-state index in [1.165, 1.54) is 0 Å². The van der Waals surface area contributed by atoms with E-state index in [1.807, 2.05) is 84.9 Å². The molecule has 5 rings (SSSR count). The van der Waals surface area contributed by atoms with E-state index in [4.69, 9.17) is 4.98 Å². The van der Waals surface area contributed by atoms with Crippen molar-refractivity contribution in [2.24, 2.45) is 0 Å². The fourth-order valence-electron chi connectivity index (χ4n) is 3.75. The van der Waals surface area contributed by atoms with Crippen LogP contribution in [-0.2, 0) is 0 Å². The van der Waals surface area contributed by atoms with Crippen molar-refractivity contribution in [1.29, 1.82) is 0 Å². The summed E-state index contributed by atoms with van der Waals surface area (Å²) in [5, 5.41) is 1.01. The zero-order valence-electron chi connectivity index (χ0n) is 16.9. The summed E-state index contributed by atoms with van der Waals surface area (Å²) in [4.78, 5) is 20.9. The molecule has 3 nitrogen and oxygen atoms in total. The fraction of sp³-hybridized carbons (Fsp3) is 0.0370. The van der Waals surface area contributed by atoms with Crippen molar-refractivity contribution in [1.82, 2.24) is 9.97 Å². The van der Waals surface area contributed by atoms with Gasteiger partial charge in [0, 0.05) is 26.7 Å². The molecule has 0 unspecified atom stereocenters. The SMILES string of the molecule is Cc1ccc2[nH]c(=O)c(-c3cc(-c4ccccc4)nc(-c4ccc(Br)cc4)c3)cc2c1. The first-order valence-electron chi connectivity index (χ1n) is 10.0. The van der Waals surface area contributed by atoms with Crippen LogP contribution in [-0.4, -0.2) is 9.97 Å². The molecule has 0 saturated heterocycles. The second-order valence-electron chi connectivity index (χ2n) is 7.60. The van der Waals surface area contributed by atoms with Crippen molar-refractivity contribution >= 4 is 26.8 Å². The standard InChI is InChI=1S/C27H19BrN2O/c1-17-7-12-24-21(13-17)14-23(27(31)30-24)20-15-25(18-5-3-2-4-6-18)29-26(16-20)19-8-10-22(28)11-9-19/h2-16H,1H3,(H,30,31). The molecular weight excluding hydrogens is 448 g/mol. The van der Waals surface area contributed by atoms with Crippen molar-refractivity contribution in [3.8, 4) is 33.6 Å². The van der Waals surface area contributed by atoms with Crippen molar-refractivity contribution in [2.45, 2.75) is 6.92 Å². The summed E-state index contributed by atoms with van der Waals surface area (Å²) < 4.78 is 1.01. The van der Waals surface area contributed by atoms with Gasteiger partial charge in [0.1, 0.15) is 0 Å². The van der Waals surface area contributed by atoms with Crippen LogP contribution in [0.4, 0.5) is 0 Å². The number of aromatic amines is 1. The average molecular weight is 467 g/mol. The molecule has 0 aliphatic carbocycles. The van der Waals surface area contributed by atoms with Crippen LogP contribution in [0.2, 0.25) is 0 Å². The summed E-state index contributed by atoms with van der Waals surface area (Å²) in [6.07, 6.45) is 0. The van der Waals surface area contributed by atoms with Crippen LogP contribution in [0, 0.1) is 6.92 Å². The van der Waals surface area contributed by atoms with Crippen LogP contribution in [0.25, 0.3) is 44.5 Å². The number of H-pyrrole nitrogens is 1. The van der Waals surface area contributed by atoms with Crippen LogP contribution in [0.15, 0.2) is 100 Å². The maximum absolute atomic E-state index is 13.0. The maximum Gasteiger partial charge on any atom is 0.256 e. The van der Waals surface area contributed by atoms with Gasteiger partial charge in [0.15, 0.2) is 0 Å². The van der Waals surface area contributed by atoms with Crippen LogP contribution in [0.3, 0.4) is 0 Å². The predicted octanol–water partition coefficient (Wildman–Crippen LogP) is 7.00. The number of hydrogen-bond acceptors (Lipinski definition) is 2. The molecular formula is C27H19BrN2O. The number of rotatable bonds is 3. The predicted molar refractivity (Wildman–Crippen MR) is 131 cm³/mol. The largest absolute Gasteiger partial charge is 0.321 e. The molecule has 0 spiro atoms. The van der Waals surface area contributed by atoms with Crippen LogP contribution in [0.5, 0.6) is 0 Å². The number of hydrogen-bond donors (Lipinski definition) is 1. The maximum atomic E-state index is 13.0. The van der Waals surface area contributed by atoms with E-state index in [2.05, 4.69) is 33.9 Å². The Morgan fingerprint density at radius 3 is 2.13 bits per heavy atom. The van der Waals surface area contributed by atoms with Crippen molar-refractivity contribution < 1.29 is 0 Å². The molecule has 0 radical (unpaired) electrons. The van der Waals surface area contributed by atoms with E-state index in [0.29, 0.717) is 5.56 Å². The van der Waals surface area contributed by atoms with Crippen LogP contribution in [0.1, 0.15) is 5.56 Å². The Kier molecular flexibility index (Phi) is 5.00. The number of nitrogens with zero attached hydrogens (tertiary/aromatic N) is 1. The van der Waals surface area contributed by atoms with E-state index in [-0.39, 0.29) is 5.56 Å². The molecule has 0 saturated carbocycles. The lowest BCUT2D eigenvalue weighted by Crippen LogP contribution is -2.09. The summed E-state index contributed by atoms with van der Waals surface area (Å²) in [5.74, 6) is 0. The minimum atomic E-state index is -0.108. The Morgan fingerprint density at radius 1 is 0.742 bits per heavy atom. The lowest BCUT2D eigenvalue weighted by atomic mass is 9.99. The minimum Gasteiger partial charge on any atom is -0.321 e. The summed E-state index contributed by atoms with van der Waals surface area (Å²) in [5.41, 5.74) is 7.03. The van der Waals surface area contributed by atoms with Gasteiger partial charge < -0.3 is 4.98 Å². The normalized spacial score (nSPS) is 11.0. The number of halogens is 1. The minimum absolute atomic E-state index is 0.108. The molecule has 4 heteroatoms. The first kappa shape index (κ1) is 19.5. The molecule has 2 heterocycles. The zero-order valence-corrected chi connectivity index (χ0v) is 18.5. The molecule has 0 bridgehead atoms. The molecule has 0 atom stereocenters. The van der Waals surface area contributed by atoms with Crippen LogP contribution < -0.4 is 5.56 Å². The second kappa shape index (κ2) is 7.97. The lowest BCUT2D eigenvalue weighted by Gasteiger charge is -2.11. The first-order chi connectivity index (χ1) is 15.1. The third-order valence-electron chi connectivity index (χ3n) is 5.35. The van der Waals surface area contributed by atoms with Gasteiger partial charge >= 0.3 is 0 Å². The van der Waals surface area contributed by atoms with Gasteiger partial charge in [-0.2, -0.15) is 0 Å². The van der Waals surface area contributed by atoms with Crippen molar-refractivity contribution in [2.75, 3.05) is 0 Å². The molecule has 3 aromatic carbocycles. The highest BCUT2D eigenvalue weighted by Crippen LogP contribution is 2.30. The van der Waals surface area contributed by atoms with Crippen molar-refractivity contribution in [3.63, 3.8) is 0 Å². The van der Waals surface area contributed by atoms with Gasteiger partial charge in [0.2, 0.25) is 0 Å². The third kappa shape index (κ3) is 3.94. The number of benzene rings is 3. The number of nitrogens with one attached hydrogen (secondary N) is 1. The van der Waals surface area contributed by atoms with Gasteiger partial charge in [-0.15, -0.1) is 0 Å². The Bertz CT molecular complexity index is 1460. The Balaban J connectivity index is 1.75. The molecule has 0 aliphatic heterocycles. The Labute approximate surface area is 188 Å². The highest BCUT2D eigenvalue weighted by molar-refractivity contribution is 9.10. The summed E-state index contributed by atoms with van der Waals surface area (Å²) in [7, 11) is 0. The highest BCUT2D eigenvalue weighted by Gasteiger charge is 2.12. The molecule has 0 amide bonds. The molecule has 31 heavy (non-hydrogen) atoms. The molecule has 1 N–H and O–H groups in total. The number of pyridine rings is 2. The van der Waals surface area contributed by atoms with Gasteiger partial charge in [-0.1, -0.05) is 70.0 Å². The second-order valence-corrected chi connectivity index (χ2v) is 8.52. The van der Waals surface area contributed by atoms with Gasteiger partial charge in [-0.05, 0) is 60.3 Å². The zero-order chi connectivity index (χ0) is 21.4. The quantitative estimate of drug-likeness (QED) is 0.311. The van der Waals surface area contributed by atoms with Gasteiger partial charge in [0.05, 0.1) is 11.4 Å². The van der Waals surface area contributed by atoms with E-state index in [9.17, 15) is 4.79 Å². The van der Waals surface area contributed by atoms with Gasteiger partial charge in [-0.25, -0.2) is 4.98 Å². The lowest BCUT2D eigenvalue weighted by molar-refractivity contribution is 1.28. The van der Waals surface area contributed by atoms with Crippen LogP contribution >= 0.6 is 15.9 Å². The summed E-state index contributed by atoms with van der Waals surface area (Å²) in [6, 6.07) is 30.1. The molecule has 150 valence electrons. The summed E-state index contributed by atoms with van der Waals surface area (Å²) >= 11 is 3.49. The van der Waals surface area contributed by atoms with Crippen molar-refractivity contribution in [3.05, 3.63) is 111 Å². The molecule has 2 aromatic heterocycles. The summed E-state index contributed by atoms with van der Waals surface area (Å²) in [6.45, 7) is 2.05. The fourth-order valence-corrected chi connectivity index (χ4v) is 4.02. The number of fused-ring (bicyclic) bond motifs is 1. The topological polar surface area (TPSA) is 45.8 Å². The third-order valence-corrected chi connectivity index (χ3v) is 5.87. The number of aryl methyl sites for hydroxylation is 1. The van der Waals surface area contributed by atoms with Gasteiger partial charge in [0.25, 0.3) is 5.56 Å². The van der Waals surface area contributed by atoms with E-state index in [0.717, 1.165) is 49.0 Å². The molecule has 0 fully saturated rings. The average Bonchev–Trinajstić information content (AvgIpc) is 2.79. The molecule has 5 aromatic rings. The highest BCUT2D eigenvalue weighted by atomic mass is 79.9.